The third-order valence-corrected chi connectivity index (χ3v) is 3.04. The highest BCUT2D eigenvalue weighted by atomic mass is 79.9. The lowest BCUT2D eigenvalue weighted by atomic mass is 10.0. The average molecular weight is 267 g/mol. The predicted octanol–water partition coefficient (Wildman–Crippen LogP) is 2.97. The van der Waals surface area contributed by atoms with Crippen molar-refractivity contribution in [3.8, 4) is 5.75 Å². The quantitative estimate of drug-likeness (QED) is 0.821. The third kappa shape index (κ3) is 1.85. The van der Waals surface area contributed by atoms with Gasteiger partial charge in [0.25, 0.3) is 0 Å². The predicted molar refractivity (Wildman–Crippen MR) is 64.4 cm³/mol. The maximum absolute atomic E-state index is 9.80. The van der Waals surface area contributed by atoms with Crippen LogP contribution in [0.5, 0.6) is 5.75 Å². The largest absolute Gasteiger partial charge is 0.508 e. The molecule has 0 aliphatic carbocycles. The molecular weight excluding hydrogens is 256 g/mol. The van der Waals surface area contributed by atoms with E-state index in [1.165, 1.54) is 0 Å². The van der Waals surface area contributed by atoms with Gasteiger partial charge in [0.15, 0.2) is 0 Å². The van der Waals surface area contributed by atoms with E-state index in [1.807, 2.05) is 30.3 Å². The van der Waals surface area contributed by atoms with Crippen molar-refractivity contribution in [1.82, 2.24) is 0 Å². The minimum Gasteiger partial charge on any atom is -0.508 e. The summed E-state index contributed by atoms with van der Waals surface area (Å²) in [4.78, 5) is 0. The minimum atomic E-state index is -0.684. The molecule has 0 radical (unpaired) electrons. The smallest absolute Gasteiger partial charge is 0.122 e. The van der Waals surface area contributed by atoms with Crippen LogP contribution in [0, 0.1) is 0 Å². The van der Waals surface area contributed by atoms with Gasteiger partial charge in [-0.1, -0.05) is 46.3 Å². The number of hydrogen-bond donors (Lipinski definition) is 2. The summed E-state index contributed by atoms with van der Waals surface area (Å²) in [6.45, 7) is 0. The van der Waals surface area contributed by atoms with E-state index in [2.05, 4.69) is 15.9 Å². The molecule has 1 atom stereocenters. The van der Waals surface area contributed by atoms with Crippen molar-refractivity contribution in [2.75, 3.05) is 5.33 Å². The van der Waals surface area contributed by atoms with E-state index in [-0.39, 0.29) is 5.75 Å². The summed E-state index contributed by atoms with van der Waals surface area (Å²) < 4.78 is 0. The molecule has 3 heteroatoms. The van der Waals surface area contributed by atoms with Crippen LogP contribution in [0.15, 0.2) is 36.4 Å². The Labute approximate surface area is 96.3 Å². The summed E-state index contributed by atoms with van der Waals surface area (Å²) in [5.74, 6) is 0.139. The molecule has 0 saturated heterocycles. The van der Waals surface area contributed by atoms with Gasteiger partial charge in [-0.2, -0.15) is 0 Å². The van der Waals surface area contributed by atoms with E-state index in [4.69, 9.17) is 0 Å². The second-order valence-electron chi connectivity index (χ2n) is 3.39. The molecule has 78 valence electrons. The van der Waals surface area contributed by atoms with Crippen LogP contribution >= 0.6 is 15.9 Å². The molecule has 0 heterocycles. The number of halogens is 1. The highest BCUT2D eigenvalue weighted by Crippen LogP contribution is 2.32. The fourth-order valence-electron chi connectivity index (χ4n) is 1.71. The number of alkyl halides is 1. The second kappa shape index (κ2) is 4.21. The molecule has 2 aromatic rings. The number of aromatic hydroxyl groups is 1. The van der Waals surface area contributed by atoms with Gasteiger partial charge in [-0.05, 0) is 16.8 Å². The fourth-order valence-corrected chi connectivity index (χ4v) is 2.04. The summed E-state index contributed by atoms with van der Waals surface area (Å²) >= 11 is 3.21. The Morgan fingerprint density at radius 1 is 1.13 bits per heavy atom. The number of hydrogen-bond acceptors (Lipinski definition) is 2. The van der Waals surface area contributed by atoms with Crippen LogP contribution in [0.2, 0.25) is 0 Å². The molecule has 2 aromatic carbocycles. The average Bonchev–Trinajstić information content (AvgIpc) is 2.28. The van der Waals surface area contributed by atoms with Crippen molar-refractivity contribution in [2.45, 2.75) is 6.10 Å². The summed E-state index contributed by atoms with van der Waals surface area (Å²) in [5, 5.41) is 21.9. The van der Waals surface area contributed by atoms with Crippen molar-refractivity contribution < 1.29 is 10.2 Å². The van der Waals surface area contributed by atoms with Gasteiger partial charge in [0, 0.05) is 10.9 Å². The van der Waals surface area contributed by atoms with Crippen molar-refractivity contribution in [1.29, 1.82) is 0 Å². The lowest BCUT2D eigenvalue weighted by Gasteiger charge is -2.12. The van der Waals surface area contributed by atoms with E-state index in [0.717, 1.165) is 10.8 Å². The molecule has 1 unspecified atom stereocenters. The van der Waals surface area contributed by atoms with Gasteiger partial charge in [-0.15, -0.1) is 0 Å². The zero-order valence-corrected chi connectivity index (χ0v) is 9.61. The van der Waals surface area contributed by atoms with E-state index in [9.17, 15) is 10.2 Å². The zero-order valence-electron chi connectivity index (χ0n) is 8.02. The summed E-state index contributed by atoms with van der Waals surface area (Å²) in [6, 6.07) is 11.1. The molecule has 0 bridgehead atoms. The van der Waals surface area contributed by atoms with Gasteiger partial charge in [-0.3, -0.25) is 0 Å². The Hall–Kier alpha value is -1.06. The molecule has 15 heavy (non-hydrogen) atoms. The van der Waals surface area contributed by atoms with Crippen LogP contribution in [0.4, 0.5) is 0 Å². The monoisotopic (exact) mass is 266 g/mol. The maximum atomic E-state index is 9.80. The van der Waals surface area contributed by atoms with E-state index < -0.39 is 6.10 Å². The van der Waals surface area contributed by atoms with Gasteiger partial charge >= 0.3 is 0 Å². The molecule has 2 N–H and O–H groups in total. The molecule has 2 rings (SSSR count). The van der Waals surface area contributed by atoms with Crippen molar-refractivity contribution >= 4 is 26.7 Å². The Bertz CT molecular complexity index is 482. The molecule has 0 amide bonds. The van der Waals surface area contributed by atoms with Crippen LogP contribution in [-0.2, 0) is 0 Å². The highest BCUT2D eigenvalue weighted by molar-refractivity contribution is 9.09. The molecule has 0 aliphatic rings. The summed E-state index contributed by atoms with van der Waals surface area (Å²) in [7, 11) is 0. The van der Waals surface area contributed by atoms with Crippen LogP contribution in [0.1, 0.15) is 11.7 Å². The highest BCUT2D eigenvalue weighted by Gasteiger charge is 2.14. The van der Waals surface area contributed by atoms with Gasteiger partial charge < -0.3 is 10.2 Å². The van der Waals surface area contributed by atoms with Crippen LogP contribution < -0.4 is 0 Å². The Morgan fingerprint density at radius 2 is 1.87 bits per heavy atom. The topological polar surface area (TPSA) is 40.5 Å². The van der Waals surface area contributed by atoms with E-state index in [1.54, 1.807) is 6.07 Å². The number of benzene rings is 2. The zero-order chi connectivity index (χ0) is 10.8. The van der Waals surface area contributed by atoms with E-state index in [0.29, 0.717) is 10.9 Å². The summed E-state index contributed by atoms with van der Waals surface area (Å²) in [5.41, 5.74) is 0.588. The van der Waals surface area contributed by atoms with Gasteiger partial charge in [0.05, 0.1) is 6.10 Å². The normalized spacial score (nSPS) is 12.9. The Kier molecular flexibility index (Phi) is 2.93. The standard InChI is InChI=1S/C12H11BrO2/c13-7-11(15)12-9-4-2-1-3-8(9)5-6-10(12)14/h1-6,11,14-15H,7H2. The first kappa shape index (κ1) is 10.5. The first-order valence-electron chi connectivity index (χ1n) is 4.68. The van der Waals surface area contributed by atoms with E-state index >= 15 is 0 Å². The van der Waals surface area contributed by atoms with Crippen molar-refractivity contribution in [3.63, 3.8) is 0 Å². The lowest BCUT2D eigenvalue weighted by Crippen LogP contribution is -1.99. The molecule has 0 fully saturated rings. The van der Waals surface area contributed by atoms with Crippen molar-refractivity contribution in [2.24, 2.45) is 0 Å². The van der Waals surface area contributed by atoms with Gasteiger partial charge in [0.1, 0.15) is 5.75 Å². The number of phenols is 1. The van der Waals surface area contributed by atoms with Crippen LogP contribution in [-0.4, -0.2) is 15.5 Å². The lowest BCUT2D eigenvalue weighted by molar-refractivity contribution is 0.202. The molecular formula is C12H11BrO2. The first-order valence-corrected chi connectivity index (χ1v) is 5.81. The fraction of sp³-hybridized carbons (Fsp3) is 0.167. The van der Waals surface area contributed by atoms with Gasteiger partial charge in [-0.25, -0.2) is 0 Å². The van der Waals surface area contributed by atoms with Crippen LogP contribution in [0.25, 0.3) is 10.8 Å². The number of aliphatic hydroxyl groups excluding tert-OH is 1. The molecule has 2 nitrogen and oxygen atoms in total. The number of rotatable bonds is 2. The molecule has 0 aromatic heterocycles. The molecule has 0 spiro atoms. The van der Waals surface area contributed by atoms with Gasteiger partial charge in [0.2, 0.25) is 0 Å². The summed E-state index contributed by atoms with van der Waals surface area (Å²) in [6.07, 6.45) is -0.684. The Morgan fingerprint density at radius 3 is 2.60 bits per heavy atom. The second-order valence-corrected chi connectivity index (χ2v) is 4.04. The van der Waals surface area contributed by atoms with Crippen LogP contribution in [0.3, 0.4) is 0 Å². The Balaban J connectivity index is 2.74. The molecule has 0 saturated carbocycles. The van der Waals surface area contributed by atoms with Crippen molar-refractivity contribution in [3.05, 3.63) is 42.0 Å². The SMILES string of the molecule is Oc1ccc2ccccc2c1C(O)CBr. The first-order chi connectivity index (χ1) is 7.24. The maximum Gasteiger partial charge on any atom is 0.122 e. The minimum absolute atomic E-state index is 0.139. The number of phenolic OH excluding ortho intramolecular Hbond substituents is 1. The third-order valence-electron chi connectivity index (χ3n) is 2.43. The number of aliphatic hydroxyl groups is 1. The molecule has 0 aliphatic heterocycles. The number of fused-ring (bicyclic) bond motifs is 1.